The first-order valence-corrected chi connectivity index (χ1v) is 13.5. The van der Waals surface area contributed by atoms with E-state index in [1.54, 1.807) is 31.2 Å². The molecule has 2 aromatic heterocycles. The predicted octanol–water partition coefficient (Wildman–Crippen LogP) is 3.96. The van der Waals surface area contributed by atoms with Gasteiger partial charge in [0.15, 0.2) is 0 Å². The molecule has 0 aliphatic carbocycles. The van der Waals surface area contributed by atoms with Crippen LogP contribution in [0.25, 0.3) is 22.0 Å². The summed E-state index contributed by atoms with van der Waals surface area (Å²) in [7, 11) is -1.16. The number of rotatable bonds is 8. The van der Waals surface area contributed by atoms with E-state index in [0.29, 0.717) is 22.0 Å². The number of pyridine rings is 1. The van der Waals surface area contributed by atoms with Gasteiger partial charge in [-0.2, -0.15) is 0 Å². The van der Waals surface area contributed by atoms with Crippen LogP contribution in [0.1, 0.15) is 6.92 Å². The largest absolute Gasteiger partial charge is 0.480 e. The van der Waals surface area contributed by atoms with E-state index in [-0.39, 0.29) is 44.5 Å². The molecule has 1 amide bonds. The molecule has 0 bridgehead atoms. The number of amides is 1. The minimum absolute atomic E-state index is 0.0467. The van der Waals surface area contributed by atoms with Gasteiger partial charge in [-0.1, -0.05) is 36.2 Å². The number of carbonyl (C=O) groups excluding carboxylic acids is 1. The molecule has 38 heavy (non-hydrogen) atoms. The molecule has 13 heteroatoms. The number of halogens is 2. The van der Waals surface area contributed by atoms with Crippen LogP contribution in [0.3, 0.4) is 0 Å². The van der Waals surface area contributed by atoms with Gasteiger partial charge in [-0.15, -0.1) is 0 Å². The first-order chi connectivity index (χ1) is 18.0. The number of sulfonamides is 1. The molecule has 2 aromatic carbocycles. The zero-order valence-electron chi connectivity index (χ0n) is 20.5. The highest BCUT2D eigenvalue weighted by Gasteiger charge is 2.20. The Morgan fingerprint density at radius 3 is 2.53 bits per heavy atom. The Bertz CT molecular complexity index is 1710. The quantitative estimate of drug-likeness (QED) is 0.325. The van der Waals surface area contributed by atoms with Crippen molar-refractivity contribution in [3.63, 3.8) is 0 Å². The molecule has 10 nitrogen and oxygen atoms in total. The first kappa shape index (κ1) is 27.4. The molecule has 0 aliphatic rings. The number of nitrogens with one attached hydrogen (secondary N) is 2. The predicted molar refractivity (Wildman–Crippen MR) is 146 cm³/mol. The molecular formula is C25H23Cl2N5O5S. The van der Waals surface area contributed by atoms with Crippen molar-refractivity contribution in [3.05, 3.63) is 75.4 Å². The fraction of sp³-hybridized carbons (Fsp3) is 0.200. The Morgan fingerprint density at radius 1 is 1.08 bits per heavy atom. The third-order valence-corrected chi connectivity index (χ3v) is 7.91. The maximum Gasteiger partial charge on any atom is 0.262 e. The highest BCUT2D eigenvalue weighted by molar-refractivity contribution is 7.92. The fourth-order valence-corrected chi connectivity index (χ4v) is 5.22. The molecule has 0 aliphatic heterocycles. The number of fused-ring (bicyclic) bond motifs is 1. The van der Waals surface area contributed by atoms with Crippen LogP contribution in [0.4, 0.5) is 5.69 Å². The Morgan fingerprint density at radius 2 is 1.84 bits per heavy atom. The van der Waals surface area contributed by atoms with Crippen molar-refractivity contribution in [2.45, 2.75) is 18.4 Å². The first-order valence-electron chi connectivity index (χ1n) is 11.3. The van der Waals surface area contributed by atoms with Gasteiger partial charge in [-0.3, -0.25) is 18.9 Å². The third kappa shape index (κ3) is 5.59. The highest BCUT2D eigenvalue weighted by atomic mass is 35.5. The molecule has 198 valence electrons. The average molecular weight is 576 g/mol. The van der Waals surface area contributed by atoms with Crippen molar-refractivity contribution < 1.29 is 17.9 Å². The van der Waals surface area contributed by atoms with E-state index in [1.165, 1.54) is 49.4 Å². The Kier molecular flexibility index (Phi) is 7.91. The minimum Gasteiger partial charge on any atom is -0.480 e. The average Bonchev–Trinajstić information content (AvgIpc) is 2.90. The summed E-state index contributed by atoms with van der Waals surface area (Å²) in [6, 6.07) is 10.6. The lowest BCUT2D eigenvalue weighted by Crippen LogP contribution is -2.32. The minimum atomic E-state index is -4.06. The van der Waals surface area contributed by atoms with E-state index in [4.69, 9.17) is 27.9 Å². The van der Waals surface area contributed by atoms with Crippen molar-refractivity contribution in [1.82, 2.24) is 19.9 Å². The molecule has 0 saturated heterocycles. The monoisotopic (exact) mass is 575 g/mol. The van der Waals surface area contributed by atoms with Gasteiger partial charge in [-0.25, -0.2) is 18.4 Å². The number of benzene rings is 2. The smallest absolute Gasteiger partial charge is 0.262 e. The molecule has 1 atom stereocenters. The molecule has 2 N–H and O–H groups in total. The van der Waals surface area contributed by atoms with E-state index in [9.17, 15) is 18.0 Å². The fourth-order valence-electron chi connectivity index (χ4n) is 3.79. The standard InChI is InChI=1S/C25H23Cl2N5O5S/c1-14(23(33)28-2)12-32-13-30-21-7-4-15(8-18(21)25(32)34)16-9-22(24(37-3)29-11-16)31-38(35,36)17-5-6-19(26)20(27)10-17/h4-11,13-14,31H,12H2,1-3H3,(H,28,33)/t14-/m0/s1. The number of hydrogen-bond donors (Lipinski definition) is 2. The van der Waals surface area contributed by atoms with Crippen molar-refractivity contribution in [2.75, 3.05) is 18.9 Å². The van der Waals surface area contributed by atoms with Gasteiger partial charge in [-0.05, 0) is 42.0 Å². The van der Waals surface area contributed by atoms with Gasteiger partial charge in [0.05, 0.1) is 45.2 Å². The topological polar surface area (TPSA) is 132 Å². The molecule has 0 radical (unpaired) electrons. The van der Waals surface area contributed by atoms with E-state index in [2.05, 4.69) is 20.0 Å². The SMILES string of the molecule is CNC(=O)[C@@H](C)Cn1cnc2ccc(-c3cnc(OC)c(NS(=O)(=O)c4ccc(Cl)c(Cl)c4)c3)cc2c1=O. The van der Waals surface area contributed by atoms with Crippen LogP contribution in [-0.2, 0) is 21.4 Å². The summed E-state index contributed by atoms with van der Waals surface area (Å²) in [5.74, 6) is -0.576. The number of anilines is 1. The molecule has 0 spiro atoms. The van der Waals surface area contributed by atoms with Crippen molar-refractivity contribution >= 4 is 55.7 Å². The van der Waals surface area contributed by atoms with Gasteiger partial charge in [0.25, 0.3) is 15.6 Å². The summed E-state index contributed by atoms with van der Waals surface area (Å²) in [6.07, 6.45) is 2.91. The number of nitrogens with zero attached hydrogens (tertiary/aromatic N) is 3. The van der Waals surface area contributed by atoms with Crippen LogP contribution in [0.15, 0.2) is 64.7 Å². The van der Waals surface area contributed by atoms with Crippen LogP contribution in [0.5, 0.6) is 5.88 Å². The summed E-state index contributed by atoms with van der Waals surface area (Å²) in [4.78, 5) is 33.6. The zero-order valence-corrected chi connectivity index (χ0v) is 22.9. The lowest BCUT2D eigenvalue weighted by Gasteiger charge is -2.14. The molecule has 4 rings (SSSR count). The second-order valence-electron chi connectivity index (χ2n) is 8.41. The second kappa shape index (κ2) is 11.0. The van der Waals surface area contributed by atoms with Gasteiger partial charge in [0.2, 0.25) is 11.8 Å². The van der Waals surface area contributed by atoms with Crippen molar-refractivity contribution in [3.8, 4) is 17.0 Å². The molecule has 0 unspecified atom stereocenters. The van der Waals surface area contributed by atoms with E-state index in [1.807, 2.05) is 0 Å². The maximum absolute atomic E-state index is 13.2. The lowest BCUT2D eigenvalue weighted by molar-refractivity contribution is -0.124. The van der Waals surface area contributed by atoms with Crippen LogP contribution >= 0.6 is 23.2 Å². The third-order valence-electron chi connectivity index (χ3n) is 5.81. The normalized spacial score (nSPS) is 12.2. The van der Waals surface area contributed by atoms with Crippen LogP contribution < -0.4 is 20.3 Å². The summed E-state index contributed by atoms with van der Waals surface area (Å²) < 4.78 is 35.1. The molecule has 0 fully saturated rings. The van der Waals surface area contributed by atoms with Gasteiger partial charge in [0, 0.05) is 25.4 Å². The number of methoxy groups -OCH3 is 1. The van der Waals surface area contributed by atoms with E-state index >= 15 is 0 Å². The van der Waals surface area contributed by atoms with Crippen LogP contribution in [0.2, 0.25) is 10.0 Å². The van der Waals surface area contributed by atoms with Crippen molar-refractivity contribution in [2.24, 2.45) is 5.92 Å². The number of ether oxygens (including phenoxy) is 1. The van der Waals surface area contributed by atoms with Gasteiger partial charge in [0.1, 0.15) is 5.69 Å². The summed E-state index contributed by atoms with van der Waals surface area (Å²) in [6.45, 7) is 1.88. The van der Waals surface area contributed by atoms with Gasteiger partial charge >= 0.3 is 0 Å². The van der Waals surface area contributed by atoms with Crippen molar-refractivity contribution in [1.29, 1.82) is 0 Å². The Balaban J connectivity index is 1.73. The molecule has 0 saturated carbocycles. The highest BCUT2D eigenvalue weighted by Crippen LogP contribution is 2.32. The molecular weight excluding hydrogens is 553 g/mol. The molecule has 2 heterocycles. The van der Waals surface area contributed by atoms with E-state index in [0.717, 1.165) is 0 Å². The Hall–Kier alpha value is -3.67. The number of carbonyl (C=O) groups is 1. The summed E-state index contributed by atoms with van der Waals surface area (Å²) in [5, 5.41) is 3.21. The van der Waals surface area contributed by atoms with Crippen LogP contribution in [-0.4, -0.2) is 43.0 Å². The maximum atomic E-state index is 13.2. The molecule has 4 aromatic rings. The number of aromatic nitrogens is 3. The zero-order chi connectivity index (χ0) is 27.6. The lowest BCUT2D eigenvalue weighted by atomic mass is 10.0. The second-order valence-corrected chi connectivity index (χ2v) is 10.9. The number of hydrogen-bond acceptors (Lipinski definition) is 7. The summed E-state index contributed by atoms with van der Waals surface area (Å²) in [5.41, 5.74) is 1.37. The van der Waals surface area contributed by atoms with E-state index < -0.39 is 15.9 Å². The summed E-state index contributed by atoms with van der Waals surface area (Å²) >= 11 is 11.9. The van der Waals surface area contributed by atoms with Gasteiger partial charge < -0.3 is 10.1 Å². The Labute approximate surface area is 228 Å². The van der Waals surface area contributed by atoms with Crippen LogP contribution in [0, 0.1) is 5.92 Å².